The quantitative estimate of drug-likeness (QED) is 0.285. The van der Waals surface area contributed by atoms with Crippen molar-refractivity contribution in [1.29, 1.82) is 5.26 Å². The molecular formula is C23H20ClN5O3. The minimum absolute atomic E-state index is 0.0750. The van der Waals surface area contributed by atoms with Gasteiger partial charge in [0.2, 0.25) is 5.95 Å². The van der Waals surface area contributed by atoms with Crippen LogP contribution in [0.25, 0.3) is 11.3 Å². The van der Waals surface area contributed by atoms with E-state index in [-0.39, 0.29) is 23.8 Å². The zero-order valence-corrected chi connectivity index (χ0v) is 18.0. The molecule has 0 aliphatic carbocycles. The lowest BCUT2D eigenvalue weighted by Gasteiger charge is -2.13. The maximum absolute atomic E-state index is 12.3. The number of hydrogen-bond donors (Lipinski definition) is 2. The average molecular weight is 450 g/mol. The SMILES string of the molecule is C=CCOc1c(Cl)cc(C=NNc2nc(-c3ccccc3)c(C#N)c(=O)[nH]2)cc1OCC. The molecule has 0 aliphatic rings. The Kier molecular flexibility index (Phi) is 7.62. The molecule has 0 unspecified atom stereocenters. The number of anilines is 1. The fraction of sp³-hybridized carbons (Fsp3) is 0.130. The summed E-state index contributed by atoms with van der Waals surface area (Å²) in [5, 5.41) is 13.8. The standard InChI is InChI=1S/C23H20ClN5O3/c1-3-10-32-21-18(24)11-15(12-19(21)31-4-2)14-26-29-23-27-20(16-8-6-5-7-9-16)17(13-25)22(30)28-23/h3,5-9,11-12,14H,1,4,10H2,2H3,(H2,27,28,29,30). The van der Waals surface area contributed by atoms with E-state index in [9.17, 15) is 10.1 Å². The van der Waals surface area contributed by atoms with Crippen LogP contribution < -0.4 is 20.5 Å². The van der Waals surface area contributed by atoms with E-state index in [1.165, 1.54) is 6.21 Å². The van der Waals surface area contributed by atoms with Crippen molar-refractivity contribution in [3.8, 4) is 28.8 Å². The first-order chi connectivity index (χ1) is 15.6. The van der Waals surface area contributed by atoms with Crippen LogP contribution in [0, 0.1) is 11.3 Å². The molecule has 0 saturated carbocycles. The number of nitrogens with zero attached hydrogens (tertiary/aromatic N) is 3. The van der Waals surface area contributed by atoms with E-state index in [0.29, 0.717) is 34.3 Å². The highest BCUT2D eigenvalue weighted by Gasteiger charge is 2.14. The van der Waals surface area contributed by atoms with Crippen LogP contribution in [0.5, 0.6) is 11.5 Å². The molecule has 32 heavy (non-hydrogen) atoms. The summed E-state index contributed by atoms with van der Waals surface area (Å²) in [4.78, 5) is 19.2. The van der Waals surface area contributed by atoms with Gasteiger partial charge in [0.05, 0.1) is 23.5 Å². The fourth-order valence-corrected chi connectivity index (χ4v) is 3.08. The Morgan fingerprint density at radius 1 is 1.31 bits per heavy atom. The minimum Gasteiger partial charge on any atom is -0.490 e. The topological polar surface area (TPSA) is 112 Å². The van der Waals surface area contributed by atoms with Gasteiger partial charge in [-0.2, -0.15) is 10.4 Å². The number of ether oxygens (including phenoxy) is 2. The van der Waals surface area contributed by atoms with Crippen molar-refractivity contribution in [3.05, 3.63) is 81.6 Å². The number of nitriles is 1. The number of halogens is 1. The summed E-state index contributed by atoms with van der Waals surface area (Å²) in [6.45, 7) is 6.19. The highest BCUT2D eigenvalue weighted by molar-refractivity contribution is 6.32. The second-order valence-corrected chi connectivity index (χ2v) is 6.76. The third-order valence-corrected chi connectivity index (χ3v) is 4.42. The number of hydrogen-bond acceptors (Lipinski definition) is 7. The first-order valence-electron chi connectivity index (χ1n) is 9.66. The monoisotopic (exact) mass is 449 g/mol. The normalized spacial score (nSPS) is 10.5. The Hall–Kier alpha value is -4.09. The van der Waals surface area contributed by atoms with E-state index >= 15 is 0 Å². The van der Waals surface area contributed by atoms with Gasteiger partial charge in [-0.15, -0.1) is 0 Å². The molecule has 0 spiro atoms. The number of aromatic nitrogens is 2. The van der Waals surface area contributed by atoms with Gasteiger partial charge < -0.3 is 9.47 Å². The number of nitrogens with one attached hydrogen (secondary N) is 2. The zero-order chi connectivity index (χ0) is 22.9. The summed E-state index contributed by atoms with van der Waals surface area (Å²) in [6, 6.07) is 14.3. The minimum atomic E-state index is -0.565. The lowest BCUT2D eigenvalue weighted by Crippen LogP contribution is -2.16. The predicted octanol–water partition coefficient (Wildman–Crippen LogP) is 4.37. The van der Waals surface area contributed by atoms with Gasteiger partial charge in [-0.3, -0.25) is 9.78 Å². The van der Waals surface area contributed by atoms with E-state index in [1.807, 2.05) is 19.1 Å². The number of hydrazone groups is 1. The Morgan fingerprint density at radius 3 is 2.78 bits per heavy atom. The van der Waals surface area contributed by atoms with Crippen molar-refractivity contribution in [3.63, 3.8) is 0 Å². The molecular weight excluding hydrogens is 430 g/mol. The van der Waals surface area contributed by atoms with Crippen LogP contribution in [0.15, 0.2) is 65.0 Å². The molecule has 0 aliphatic heterocycles. The number of rotatable bonds is 9. The van der Waals surface area contributed by atoms with Gasteiger partial charge >= 0.3 is 0 Å². The molecule has 0 atom stereocenters. The fourth-order valence-electron chi connectivity index (χ4n) is 2.81. The number of aromatic amines is 1. The van der Waals surface area contributed by atoms with E-state index in [2.05, 4.69) is 27.1 Å². The van der Waals surface area contributed by atoms with Gasteiger partial charge in [0.15, 0.2) is 11.5 Å². The molecule has 2 aromatic carbocycles. The molecule has 9 heteroatoms. The lowest BCUT2D eigenvalue weighted by atomic mass is 10.1. The van der Waals surface area contributed by atoms with Crippen molar-refractivity contribution in [1.82, 2.24) is 9.97 Å². The van der Waals surface area contributed by atoms with Gasteiger partial charge in [0, 0.05) is 5.56 Å². The van der Waals surface area contributed by atoms with E-state index in [0.717, 1.165) is 0 Å². The predicted molar refractivity (Wildman–Crippen MR) is 125 cm³/mol. The highest BCUT2D eigenvalue weighted by atomic mass is 35.5. The summed E-state index contributed by atoms with van der Waals surface area (Å²) in [5.41, 5.74) is 3.58. The van der Waals surface area contributed by atoms with Gasteiger partial charge in [-0.1, -0.05) is 54.6 Å². The Balaban J connectivity index is 1.87. The Morgan fingerprint density at radius 2 is 2.09 bits per heavy atom. The van der Waals surface area contributed by atoms with Crippen molar-refractivity contribution >= 4 is 23.8 Å². The summed E-state index contributed by atoms with van der Waals surface area (Å²) >= 11 is 6.33. The first-order valence-corrected chi connectivity index (χ1v) is 10.0. The van der Waals surface area contributed by atoms with Crippen molar-refractivity contribution in [2.24, 2.45) is 5.10 Å². The zero-order valence-electron chi connectivity index (χ0n) is 17.3. The highest BCUT2D eigenvalue weighted by Crippen LogP contribution is 2.36. The molecule has 0 amide bonds. The molecule has 1 heterocycles. The number of H-pyrrole nitrogens is 1. The molecule has 0 bridgehead atoms. The van der Waals surface area contributed by atoms with Crippen molar-refractivity contribution in [2.75, 3.05) is 18.6 Å². The molecule has 0 radical (unpaired) electrons. The molecule has 3 rings (SSSR count). The maximum Gasteiger partial charge on any atom is 0.270 e. The molecule has 0 fully saturated rings. The summed E-state index contributed by atoms with van der Waals surface area (Å²) in [5.74, 6) is 0.981. The second kappa shape index (κ2) is 10.8. The van der Waals surface area contributed by atoms with Crippen LogP contribution in [0.4, 0.5) is 5.95 Å². The average Bonchev–Trinajstić information content (AvgIpc) is 2.79. The second-order valence-electron chi connectivity index (χ2n) is 6.35. The summed E-state index contributed by atoms with van der Waals surface area (Å²) < 4.78 is 11.2. The Bertz CT molecular complexity index is 1230. The van der Waals surface area contributed by atoms with Crippen molar-refractivity contribution < 1.29 is 9.47 Å². The molecule has 2 N–H and O–H groups in total. The first kappa shape index (κ1) is 22.6. The molecule has 0 saturated heterocycles. The van der Waals surface area contributed by atoms with Crippen LogP contribution >= 0.6 is 11.6 Å². The maximum atomic E-state index is 12.3. The van der Waals surface area contributed by atoms with Crippen LogP contribution in [-0.4, -0.2) is 29.4 Å². The summed E-state index contributed by atoms with van der Waals surface area (Å²) in [6.07, 6.45) is 3.10. The van der Waals surface area contributed by atoms with E-state index in [4.69, 9.17) is 21.1 Å². The third-order valence-electron chi connectivity index (χ3n) is 4.14. The molecule has 8 nitrogen and oxygen atoms in total. The number of benzene rings is 2. The molecule has 1 aromatic heterocycles. The van der Waals surface area contributed by atoms with Crippen LogP contribution in [0.3, 0.4) is 0 Å². The van der Waals surface area contributed by atoms with Crippen LogP contribution in [0.2, 0.25) is 5.02 Å². The lowest BCUT2D eigenvalue weighted by molar-refractivity contribution is 0.297. The molecule has 162 valence electrons. The van der Waals surface area contributed by atoms with Gasteiger partial charge in [0.25, 0.3) is 5.56 Å². The van der Waals surface area contributed by atoms with Crippen molar-refractivity contribution in [2.45, 2.75) is 6.92 Å². The van der Waals surface area contributed by atoms with Crippen LogP contribution in [0.1, 0.15) is 18.1 Å². The smallest absolute Gasteiger partial charge is 0.270 e. The van der Waals surface area contributed by atoms with Gasteiger partial charge in [-0.05, 0) is 24.6 Å². The van der Waals surface area contributed by atoms with Crippen LogP contribution in [-0.2, 0) is 0 Å². The summed E-state index contributed by atoms with van der Waals surface area (Å²) in [7, 11) is 0. The molecule has 3 aromatic rings. The third kappa shape index (κ3) is 5.33. The van der Waals surface area contributed by atoms with E-state index < -0.39 is 5.56 Å². The Labute approximate surface area is 189 Å². The van der Waals surface area contributed by atoms with E-state index in [1.54, 1.807) is 42.5 Å². The van der Waals surface area contributed by atoms with Gasteiger partial charge in [0.1, 0.15) is 18.2 Å². The largest absolute Gasteiger partial charge is 0.490 e. The van der Waals surface area contributed by atoms with Gasteiger partial charge in [-0.25, -0.2) is 10.4 Å².